The van der Waals surface area contributed by atoms with Crippen molar-refractivity contribution >= 4 is 5.97 Å². The Bertz CT molecular complexity index is 1430. The van der Waals surface area contributed by atoms with Gasteiger partial charge in [-0.25, -0.2) is 4.39 Å². The molecule has 1 spiro atoms. The van der Waals surface area contributed by atoms with Crippen LogP contribution in [0.3, 0.4) is 0 Å². The van der Waals surface area contributed by atoms with Crippen LogP contribution >= 0.6 is 0 Å². The molecule has 2 fully saturated rings. The maximum Gasteiger partial charge on any atom is 0.307 e. The molecule has 6 rings (SSSR count). The lowest BCUT2D eigenvalue weighted by Gasteiger charge is -2.45. The van der Waals surface area contributed by atoms with Gasteiger partial charge in [-0.3, -0.25) is 4.79 Å². The Morgan fingerprint density at radius 1 is 0.974 bits per heavy atom. The zero-order valence-electron chi connectivity index (χ0n) is 23.1. The molecule has 0 aliphatic heterocycles. The molecule has 0 bridgehead atoms. The molecule has 2 saturated carbocycles. The second-order valence-electron chi connectivity index (χ2n) is 12.4. The number of ether oxygens (including phenoxy) is 2. The van der Waals surface area contributed by atoms with Crippen molar-refractivity contribution in [3.05, 3.63) is 82.7 Å². The lowest BCUT2D eigenvalue weighted by Crippen LogP contribution is -2.46. The van der Waals surface area contributed by atoms with E-state index in [2.05, 4.69) is 32.0 Å². The fourth-order valence-electron chi connectivity index (χ4n) is 7.58. The number of carbonyl (C=O) groups is 1. The molecule has 204 valence electrons. The van der Waals surface area contributed by atoms with Crippen molar-refractivity contribution in [2.24, 2.45) is 11.3 Å². The van der Waals surface area contributed by atoms with E-state index in [0.29, 0.717) is 23.8 Å². The monoisotopic (exact) mass is 528 g/mol. The second kappa shape index (κ2) is 9.69. The van der Waals surface area contributed by atoms with Gasteiger partial charge in [0.05, 0.1) is 13.0 Å². The Labute approximate surface area is 230 Å². The molecule has 0 heterocycles. The lowest BCUT2D eigenvalue weighted by molar-refractivity contribution is -0.149. The van der Waals surface area contributed by atoms with Gasteiger partial charge in [0.1, 0.15) is 23.9 Å². The maximum absolute atomic E-state index is 15.1. The van der Waals surface area contributed by atoms with Gasteiger partial charge in [-0.05, 0) is 108 Å². The summed E-state index contributed by atoms with van der Waals surface area (Å²) < 4.78 is 26.8. The molecule has 5 heteroatoms. The molecule has 39 heavy (non-hydrogen) atoms. The Morgan fingerprint density at radius 2 is 1.79 bits per heavy atom. The van der Waals surface area contributed by atoms with E-state index in [4.69, 9.17) is 9.47 Å². The van der Waals surface area contributed by atoms with E-state index >= 15 is 4.39 Å². The SMILES string of the molecule is COc1ccc(F)c(-c2ccc(COc3ccc4c(c3)[C@]3(CC4)CC[C@@H]3C(=O)O)cc2[C@@H]2CCCC2(C)C)c1. The molecule has 0 unspecified atom stereocenters. The third-order valence-electron chi connectivity index (χ3n) is 9.92. The Hall–Kier alpha value is -3.34. The van der Waals surface area contributed by atoms with Gasteiger partial charge in [0.15, 0.2) is 0 Å². The first kappa shape index (κ1) is 25.9. The van der Waals surface area contributed by atoms with Crippen LogP contribution in [0.5, 0.6) is 11.5 Å². The van der Waals surface area contributed by atoms with Crippen LogP contribution in [0.2, 0.25) is 0 Å². The zero-order chi connectivity index (χ0) is 27.4. The Balaban J connectivity index is 1.31. The largest absolute Gasteiger partial charge is 0.497 e. The fraction of sp³-hybridized carbons (Fsp3) is 0.441. The summed E-state index contributed by atoms with van der Waals surface area (Å²) in [6.07, 6.45) is 6.91. The van der Waals surface area contributed by atoms with Crippen LogP contribution in [0.4, 0.5) is 4.39 Å². The van der Waals surface area contributed by atoms with Gasteiger partial charge >= 0.3 is 5.97 Å². The van der Waals surface area contributed by atoms with Crippen LogP contribution in [-0.2, 0) is 23.2 Å². The molecule has 1 N–H and O–H groups in total. The maximum atomic E-state index is 15.1. The molecule has 0 radical (unpaired) electrons. The molecular weight excluding hydrogens is 491 g/mol. The summed E-state index contributed by atoms with van der Waals surface area (Å²) in [5.74, 6) is 0.508. The number of hydrogen-bond donors (Lipinski definition) is 1. The number of benzene rings is 3. The van der Waals surface area contributed by atoms with E-state index < -0.39 is 5.97 Å². The summed E-state index contributed by atoms with van der Waals surface area (Å²) in [4.78, 5) is 11.9. The summed E-state index contributed by atoms with van der Waals surface area (Å²) in [6.45, 7) is 5.02. The van der Waals surface area contributed by atoms with Crippen molar-refractivity contribution in [1.29, 1.82) is 0 Å². The highest BCUT2D eigenvalue weighted by atomic mass is 19.1. The average Bonchev–Trinajstić information content (AvgIpc) is 3.47. The smallest absolute Gasteiger partial charge is 0.307 e. The highest BCUT2D eigenvalue weighted by Crippen LogP contribution is 2.57. The van der Waals surface area contributed by atoms with Gasteiger partial charge in [-0.15, -0.1) is 0 Å². The summed E-state index contributed by atoms with van der Waals surface area (Å²) >= 11 is 0. The minimum Gasteiger partial charge on any atom is -0.497 e. The number of hydrogen-bond acceptors (Lipinski definition) is 3. The fourth-order valence-corrected chi connectivity index (χ4v) is 7.58. The van der Waals surface area contributed by atoms with Crippen molar-refractivity contribution in [3.8, 4) is 22.6 Å². The first-order valence-electron chi connectivity index (χ1n) is 14.2. The van der Waals surface area contributed by atoms with Gasteiger partial charge in [-0.2, -0.15) is 0 Å². The van der Waals surface area contributed by atoms with Crippen molar-refractivity contribution in [1.82, 2.24) is 0 Å². The van der Waals surface area contributed by atoms with Crippen LogP contribution in [0.25, 0.3) is 11.1 Å². The van der Waals surface area contributed by atoms with Crippen LogP contribution in [0.1, 0.15) is 80.5 Å². The van der Waals surface area contributed by atoms with Crippen molar-refractivity contribution < 1.29 is 23.8 Å². The van der Waals surface area contributed by atoms with E-state index in [0.717, 1.165) is 72.9 Å². The van der Waals surface area contributed by atoms with Crippen LogP contribution < -0.4 is 9.47 Å². The molecular formula is C34H37FO4. The van der Waals surface area contributed by atoms with E-state index in [1.807, 2.05) is 18.2 Å². The molecule has 3 aromatic carbocycles. The van der Waals surface area contributed by atoms with Gasteiger partial charge in [0.25, 0.3) is 0 Å². The van der Waals surface area contributed by atoms with Crippen LogP contribution in [0, 0.1) is 17.2 Å². The number of aryl methyl sites for hydroxylation is 1. The number of fused-ring (bicyclic) bond motifs is 2. The van der Waals surface area contributed by atoms with E-state index in [1.165, 1.54) is 11.6 Å². The minimum atomic E-state index is -0.685. The molecule has 3 atom stereocenters. The Kier molecular flexibility index (Phi) is 6.44. The zero-order valence-corrected chi connectivity index (χ0v) is 23.1. The Morgan fingerprint density at radius 3 is 2.49 bits per heavy atom. The normalized spacial score (nSPS) is 24.8. The first-order valence-corrected chi connectivity index (χ1v) is 14.2. The van der Waals surface area contributed by atoms with Gasteiger partial charge in [0, 0.05) is 11.0 Å². The summed E-state index contributed by atoms with van der Waals surface area (Å²) in [5.41, 5.74) is 6.00. The number of carboxylic acid groups (broad SMARTS) is 1. The molecule has 0 amide bonds. The van der Waals surface area contributed by atoms with E-state index in [1.54, 1.807) is 19.2 Å². The van der Waals surface area contributed by atoms with Crippen molar-refractivity contribution in [2.75, 3.05) is 7.11 Å². The van der Waals surface area contributed by atoms with Gasteiger partial charge in [-0.1, -0.05) is 44.5 Å². The quantitative estimate of drug-likeness (QED) is 0.337. The molecule has 0 saturated heterocycles. The van der Waals surface area contributed by atoms with Crippen molar-refractivity contribution in [2.45, 2.75) is 76.7 Å². The molecule has 3 aromatic rings. The standard InChI is InChI=1S/C34H37FO4/c1-33(2)14-4-5-28(33)26-17-21(6-10-25(26)27-18-23(38-3)9-11-31(27)35)20-39-24-8-7-22-12-15-34(30(22)19-24)16-13-29(34)32(36)37/h6-11,17-19,28-29H,4-5,12-16,20H2,1-3H3,(H,36,37)/t28-,29+,34+/m0/s1. The van der Waals surface area contributed by atoms with Gasteiger partial charge in [0.2, 0.25) is 0 Å². The minimum absolute atomic E-state index is 0.126. The third kappa shape index (κ3) is 4.40. The summed E-state index contributed by atoms with van der Waals surface area (Å²) in [7, 11) is 1.60. The molecule has 3 aliphatic carbocycles. The van der Waals surface area contributed by atoms with Crippen molar-refractivity contribution in [3.63, 3.8) is 0 Å². The predicted octanol–water partition coefficient (Wildman–Crippen LogP) is 8.05. The second-order valence-corrected chi connectivity index (χ2v) is 12.4. The topological polar surface area (TPSA) is 55.8 Å². The van der Waals surface area contributed by atoms with Gasteiger partial charge < -0.3 is 14.6 Å². The van der Waals surface area contributed by atoms with E-state index in [9.17, 15) is 9.90 Å². The number of halogens is 1. The van der Waals surface area contributed by atoms with Crippen LogP contribution in [-0.4, -0.2) is 18.2 Å². The summed E-state index contributed by atoms with van der Waals surface area (Å²) in [5, 5.41) is 9.75. The number of methoxy groups -OCH3 is 1. The average molecular weight is 529 g/mol. The first-order chi connectivity index (χ1) is 18.7. The molecule has 4 nitrogen and oxygen atoms in total. The molecule has 0 aromatic heterocycles. The molecule has 3 aliphatic rings. The third-order valence-corrected chi connectivity index (χ3v) is 9.92. The predicted molar refractivity (Wildman–Crippen MR) is 150 cm³/mol. The number of rotatable bonds is 7. The van der Waals surface area contributed by atoms with E-state index in [-0.39, 0.29) is 22.6 Å². The lowest BCUT2D eigenvalue weighted by atomic mass is 9.57. The number of carboxylic acids is 1. The highest BCUT2D eigenvalue weighted by molar-refractivity contribution is 5.75. The van der Waals surface area contributed by atoms with Crippen LogP contribution in [0.15, 0.2) is 54.6 Å². The summed E-state index contributed by atoms with van der Waals surface area (Å²) in [6, 6.07) is 17.4. The number of aliphatic carboxylic acids is 1. The highest BCUT2D eigenvalue weighted by Gasteiger charge is 2.54.